The van der Waals surface area contributed by atoms with E-state index in [9.17, 15) is 0 Å². The first-order valence-electron chi connectivity index (χ1n) is 21.6. The average molecular weight is 804 g/mol. The van der Waals surface area contributed by atoms with Gasteiger partial charge in [0.2, 0.25) is 0 Å². The second-order valence-corrected chi connectivity index (χ2v) is 16.2. The molecule has 0 aliphatic carbocycles. The van der Waals surface area contributed by atoms with Crippen molar-refractivity contribution in [1.82, 2.24) is 9.13 Å². The molecule has 12 rings (SSSR count). The quantitative estimate of drug-likeness (QED) is 0.149. The largest absolute Gasteiger partial charge is 0.310 e. The first-order chi connectivity index (χ1) is 31.3. The smallest absolute Gasteiger partial charge is 0.0562 e. The van der Waals surface area contributed by atoms with Crippen LogP contribution in [-0.4, -0.2) is 9.13 Å². The van der Waals surface area contributed by atoms with E-state index in [2.05, 4.69) is 263 Å². The molecular formula is C60H41N3. The first kappa shape index (κ1) is 36.5. The highest BCUT2D eigenvalue weighted by atomic mass is 15.1. The summed E-state index contributed by atoms with van der Waals surface area (Å²) in [5.74, 6) is 0. The molecule has 2 heterocycles. The van der Waals surface area contributed by atoms with E-state index in [0.717, 1.165) is 45.1 Å². The molecule has 0 fully saturated rings. The zero-order valence-electron chi connectivity index (χ0n) is 34.5. The van der Waals surface area contributed by atoms with Crippen LogP contribution in [0.3, 0.4) is 0 Å². The molecule has 296 valence electrons. The van der Waals surface area contributed by atoms with Crippen LogP contribution in [0.15, 0.2) is 249 Å². The molecule has 10 aromatic carbocycles. The molecule has 0 bridgehead atoms. The molecular weight excluding hydrogens is 763 g/mol. The molecule has 0 amide bonds. The van der Waals surface area contributed by atoms with Crippen LogP contribution in [-0.2, 0) is 0 Å². The van der Waals surface area contributed by atoms with E-state index in [0.29, 0.717) is 0 Å². The normalized spacial score (nSPS) is 11.5. The maximum Gasteiger partial charge on any atom is 0.0562 e. The minimum absolute atomic E-state index is 1.07. The van der Waals surface area contributed by atoms with Gasteiger partial charge >= 0.3 is 0 Å². The summed E-state index contributed by atoms with van der Waals surface area (Å²) in [7, 11) is 0. The Bertz CT molecular complexity index is 3490. The lowest BCUT2D eigenvalue weighted by atomic mass is 9.97. The Labute approximate surface area is 366 Å². The molecule has 0 atom stereocenters. The van der Waals surface area contributed by atoms with Gasteiger partial charge in [-0.2, -0.15) is 0 Å². The number of aromatic nitrogens is 2. The Morgan fingerprint density at radius 1 is 0.254 bits per heavy atom. The SMILES string of the molecule is c1ccc(-c2ccc(N(c3ccc(-c4ccccc4)cc3)c3cc4c(cc3-c3ccc5c6ccccc6n(-c6ccccc6)c5c3)c3ccccc3n4-c3ccccc3)cc2)cc1. The minimum atomic E-state index is 1.07. The van der Waals surface area contributed by atoms with Crippen molar-refractivity contribution in [2.24, 2.45) is 0 Å². The van der Waals surface area contributed by atoms with E-state index in [1.54, 1.807) is 0 Å². The number of fused-ring (bicyclic) bond motifs is 6. The molecule has 3 heteroatoms. The molecule has 0 N–H and O–H groups in total. The van der Waals surface area contributed by atoms with Crippen molar-refractivity contribution in [3.05, 3.63) is 249 Å². The first-order valence-corrected chi connectivity index (χ1v) is 21.6. The second kappa shape index (κ2) is 15.3. The lowest BCUT2D eigenvalue weighted by Gasteiger charge is -2.29. The molecule has 3 nitrogen and oxygen atoms in total. The van der Waals surface area contributed by atoms with Crippen molar-refractivity contribution in [1.29, 1.82) is 0 Å². The molecule has 0 radical (unpaired) electrons. The molecule has 0 spiro atoms. The predicted octanol–water partition coefficient (Wildman–Crippen LogP) is 16.4. The van der Waals surface area contributed by atoms with Gasteiger partial charge in [-0.05, 0) is 107 Å². The summed E-state index contributed by atoms with van der Waals surface area (Å²) in [5, 5.41) is 4.89. The Morgan fingerprint density at radius 2 is 0.635 bits per heavy atom. The summed E-state index contributed by atoms with van der Waals surface area (Å²) < 4.78 is 4.83. The minimum Gasteiger partial charge on any atom is -0.310 e. The third-order valence-corrected chi connectivity index (χ3v) is 12.5. The van der Waals surface area contributed by atoms with Crippen LogP contribution in [0.4, 0.5) is 17.1 Å². The number of benzene rings is 10. The number of hydrogen-bond acceptors (Lipinski definition) is 1. The van der Waals surface area contributed by atoms with Gasteiger partial charge in [-0.3, -0.25) is 0 Å². The maximum atomic E-state index is 2.45. The second-order valence-electron chi connectivity index (χ2n) is 16.2. The van der Waals surface area contributed by atoms with E-state index >= 15 is 0 Å². The van der Waals surface area contributed by atoms with Gasteiger partial charge < -0.3 is 14.0 Å². The van der Waals surface area contributed by atoms with Crippen LogP contribution in [0.5, 0.6) is 0 Å². The predicted molar refractivity (Wildman–Crippen MR) is 266 cm³/mol. The van der Waals surface area contributed by atoms with E-state index in [1.165, 1.54) is 60.3 Å². The van der Waals surface area contributed by atoms with E-state index in [4.69, 9.17) is 0 Å². The van der Waals surface area contributed by atoms with Crippen molar-refractivity contribution < 1.29 is 0 Å². The van der Waals surface area contributed by atoms with Gasteiger partial charge in [-0.25, -0.2) is 0 Å². The fraction of sp³-hybridized carbons (Fsp3) is 0. The van der Waals surface area contributed by atoms with Gasteiger partial charge in [-0.15, -0.1) is 0 Å². The van der Waals surface area contributed by atoms with Crippen molar-refractivity contribution >= 4 is 60.7 Å². The van der Waals surface area contributed by atoms with Crippen molar-refractivity contribution in [2.75, 3.05) is 4.90 Å². The molecule has 0 aliphatic rings. The highest BCUT2D eigenvalue weighted by Gasteiger charge is 2.23. The standard InChI is InChI=1S/C60H41N3/c1-5-17-42(18-6-1)44-29-34-49(35-30-44)61(50-36-31-45(32-37-50)43-19-7-2-8-20-43)59-41-60-55(52-26-14-16-28-57(52)63(60)48-23-11-4-12-24-48)40-54(59)46-33-38-53-51-25-13-15-27-56(51)62(58(53)39-46)47-21-9-3-10-22-47/h1-41H. The highest BCUT2D eigenvalue weighted by Crippen LogP contribution is 2.47. The average Bonchev–Trinajstić information content (AvgIpc) is 3.87. The molecule has 0 aliphatic heterocycles. The molecule has 0 saturated heterocycles. The Hall–Kier alpha value is -8.40. The number of hydrogen-bond donors (Lipinski definition) is 0. The number of nitrogens with zero attached hydrogens (tertiary/aromatic N) is 3. The Balaban J connectivity index is 1.16. The van der Waals surface area contributed by atoms with Gasteiger partial charge in [0.05, 0.1) is 27.8 Å². The summed E-state index contributed by atoms with van der Waals surface area (Å²) >= 11 is 0. The van der Waals surface area contributed by atoms with Gasteiger partial charge in [0, 0.05) is 49.9 Å². The summed E-state index contributed by atoms with van der Waals surface area (Å²) in [6.45, 7) is 0. The highest BCUT2D eigenvalue weighted by molar-refractivity contribution is 6.14. The topological polar surface area (TPSA) is 13.1 Å². The van der Waals surface area contributed by atoms with E-state index in [-0.39, 0.29) is 0 Å². The van der Waals surface area contributed by atoms with E-state index in [1.807, 2.05) is 0 Å². The van der Waals surface area contributed by atoms with Crippen LogP contribution >= 0.6 is 0 Å². The third kappa shape index (κ3) is 6.29. The van der Waals surface area contributed by atoms with Gasteiger partial charge in [0.15, 0.2) is 0 Å². The maximum absolute atomic E-state index is 2.45. The summed E-state index contributed by atoms with van der Waals surface area (Å²) in [6.07, 6.45) is 0. The third-order valence-electron chi connectivity index (χ3n) is 12.5. The van der Waals surface area contributed by atoms with Gasteiger partial charge in [-0.1, -0.05) is 170 Å². The Kier molecular flexibility index (Phi) is 8.83. The summed E-state index contributed by atoms with van der Waals surface area (Å²) in [4.78, 5) is 2.45. The molecule has 63 heavy (non-hydrogen) atoms. The lowest BCUT2D eigenvalue weighted by molar-refractivity contribution is 1.18. The molecule has 2 aromatic heterocycles. The van der Waals surface area contributed by atoms with Crippen LogP contribution in [0.25, 0.3) is 88.4 Å². The van der Waals surface area contributed by atoms with Gasteiger partial charge in [0.25, 0.3) is 0 Å². The van der Waals surface area contributed by atoms with Crippen molar-refractivity contribution in [3.8, 4) is 44.8 Å². The number of para-hydroxylation sites is 4. The van der Waals surface area contributed by atoms with Gasteiger partial charge in [0.1, 0.15) is 0 Å². The Morgan fingerprint density at radius 3 is 1.14 bits per heavy atom. The fourth-order valence-electron chi connectivity index (χ4n) is 9.56. The fourth-order valence-corrected chi connectivity index (χ4v) is 9.56. The number of anilines is 3. The lowest BCUT2D eigenvalue weighted by Crippen LogP contribution is -2.11. The van der Waals surface area contributed by atoms with Crippen LogP contribution < -0.4 is 4.90 Å². The van der Waals surface area contributed by atoms with Crippen LogP contribution in [0.2, 0.25) is 0 Å². The monoisotopic (exact) mass is 803 g/mol. The number of rotatable bonds is 8. The van der Waals surface area contributed by atoms with Crippen LogP contribution in [0, 0.1) is 0 Å². The summed E-state index contributed by atoms with van der Waals surface area (Å²) in [6, 6.07) is 90.3. The van der Waals surface area contributed by atoms with Crippen LogP contribution in [0.1, 0.15) is 0 Å². The van der Waals surface area contributed by atoms with Crippen molar-refractivity contribution in [2.45, 2.75) is 0 Å². The molecule has 0 unspecified atom stereocenters. The molecule has 0 saturated carbocycles. The van der Waals surface area contributed by atoms with Crippen molar-refractivity contribution in [3.63, 3.8) is 0 Å². The summed E-state index contributed by atoms with van der Waals surface area (Å²) in [5.41, 5.74) is 17.2. The van der Waals surface area contributed by atoms with E-state index < -0.39 is 0 Å². The zero-order chi connectivity index (χ0) is 41.7. The molecule has 12 aromatic rings. The zero-order valence-corrected chi connectivity index (χ0v) is 34.5.